The number of unbranched alkanes of at least 4 members (excludes halogenated alkanes) is 1. The molecule has 10 amide bonds. The summed E-state index contributed by atoms with van der Waals surface area (Å²) in [7, 11) is 0. The fraction of sp³-hybridized carbons (Fsp3) is 0.647. The molecule has 0 radical (unpaired) electrons. The summed E-state index contributed by atoms with van der Waals surface area (Å²) in [4.78, 5) is 161. The molecule has 12 atom stereocenters. The van der Waals surface area contributed by atoms with Gasteiger partial charge in [0.15, 0.2) is 0 Å². The van der Waals surface area contributed by atoms with Crippen LogP contribution in [0.15, 0.2) is 24.3 Å². The summed E-state index contributed by atoms with van der Waals surface area (Å²) in [5, 5.41) is 66.0. The van der Waals surface area contributed by atoms with Gasteiger partial charge >= 0.3 is 11.9 Å². The van der Waals surface area contributed by atoms with Crippen molar-refractivity contribution in [3.63, 3.8) is 0 Å². The van der Waals surface area contributed by atoms with E-state index in [1.165, 1.54) is 47.9 Å². The Balaban J connectivity index is 1.75. The van der Waals surface area contributed by atoms with Crippen LogP contribution in [0.3, 0.4) is 0 Å². The van der Waals surface area contributed by atoms with Crippen LogP contribution in [0.25, 0.3) is 0 Å². The van der Waals surface area contributed by atoms with E-state index in [9.17, 15) is 78.0 Å². The van der Waals surface area contributed by atoms with Crippen LogP contribution in [-0.4, -0.2) is 199 Å². The molecule has 2 aliphatic rings. The number of amides is 10. The average molecular weight is 1130 g/mol. The first kappa shape index (κ1) is 66.8. The van der Waals surface area contributed by atoms with Crippen LogP contribution >= 0.6 is 0 Å². The number of rotatable bonds is 33. The molecule has 29 nitrogen and oxygen atoms in total. The maximum Gasteiger partial charge on any atom is 0.326 e. The second kappa shape index (κ2) is 32.5. The maximum atomic E-state index is 14.5. The van der Waals surface area contributed by atoms with E-state index < -0.39 is 156 Å². The van der Waals surface area contributed by atoms with Crippen molar-refractivity contribution in [1.82, 2.24) is 47.0 Å². The summed E-state index contributed by atoms with van der Waals surface area (Å²) in [6, 6.07) is -8.26. The molecule has 29 heteroatoms. The quantitative estimate of drug-likeness (QED) is 0.0295. The van der Waals surface area contributed by atoms with Crippen molar-refractivity contribution in [2.24, 2.45) is 23.1 Å². The Morgan fingerprint density at radius 3 is 1.77 bits per heavy atom. The number of hydrogen-bond donors (Lipinski definition) is 15. The highest BCUT2D eigenvalue weighted by Gasteiger charge is 2.45. The first-order valence-corrected chi connectivity index (χ1v) is 26.7. The number of nitrogens with one attached hydrogen (secondary N) is 7. The Morgan fingerprint density at radius 1 is 0.650 bits per heavy atom. The number of benzene rings is 1. The number of phenols is 1. The molecule has 2 aliphatic heterocycles. The largest absolute Gasteiger partial charge is 0.508 e. The fourth-order valence-electron chi connectivity index (χ4n) is 9.03. The van der Waals surface area contributed by atoms with Crippen LogP contribution in [0.5, 0.6) is 5.75 Å². The summed E-state index contributed by atoms with van der Waals surface area (Å²) in [6.45, 7) is 5.18. The van der Waals surface area contributed by atoms with Gasteiger partial charge in [0.1, 0.15) is 60.1 Å². The molecular formula is C51H80N12O17. The number of nitrogens with two attached hydrogens (primary N) is 3. The Hall–Kier alpha value is -7.50. The molecule has 0 saturated carbocycles. The monoisotopic (exact) mass is 1130 g/mol. The summed E-state index contributed by atoms with van der Waals surface area (Å²) in [5.74, 6) is -11.9. The number of aliphatic hydroxyl groups is 2. The van der Waals surface area contributed by atoms with Gasteiger partial charge in [-0.15, -0.1) is 0 Å². The number of carbonyl (C=O) groups excluding carboxylic acids is 10. The minimum Gasteiger partial charge on any atom is -0.508 e. The second-order valence-electron chi connectivity index (χ2n) is 20.2. The number of carboxylic acids is 2. The third-order valence-corrected chi connectivity index (χ3v) is 14.0. The third-order valence-electron chi connectivity index (χ3n) is 14.0. The lowest BCUT2D eigenvalue weighted by Gasteiger charge is -2.35. The zero-order valence-corrected chi connectivity index (χ0v) is 45.5. The first-order chi connectivity index (χ1) is 37.7. The predicted octanol–water partition coefficient (Wildman–Crippen LogP) is -4.58. The van der Waals surface area contributed by atoms with Gasteiger partial charge < -0.3 is 89.8 Å². The summed E-state index contributed by atoms with van der Waals surface area (Å²) >= 11 is 0. The van der Waals surface area contributed by atoms with Crippen LogP contribution in [0, 0.1) is 5.92 Å². The zero-order chi connectivity index (χ0) is 60.0. The van der Waals surface area contributed by atoms with Crippen molar-refractivity contribution in [2.75, 3.05) is 26.2 Å². The minimum atomic E-state index is -1.68. The average Bonchev–Trinajstić information content (AvgIpc) is 4.12. The predicted molar refractivity (Wildman–Crippen MR) is 283 cm³/mol. The van der Waals surface area contributed by atoms with Crippen molar-refractivity contribution in [2.45, 2.75) is 178 Å². The van der Waals surface area contributed by atoms with Gasteiger partial charge in [-0.3, -0.25) is 52.7 Å². The van der Waals surface area contributed by atoms with E-state index in [2.05, 4.69) is 37.2 Å². The summed E-state index contributed by atoms with van der Waals surface area (Å²) in [6.07, 6.45) is -1.02. The van der Waals surface area contributed by atoms with Crippen LogP contribution < -0.4 is 54.4 Å². The third kappa shape index (κ3) is 20.3. The number of primary amides is 1. The van der Waals surface area contributed by atoms with Gasteiger partial charge in [-0.2, -0.15) is 0 Å². The van der Waals surface area contributed by atoms with Gasteiger partial charge in [0.25, 0.3) is 0 Å². The Kier molecular flexibility index (Phi) is 27.2. The van der Waals surface area contributed by atoms with E-state index >= 15 is 0 Å². The molecule has 446 valence electrons. The van der Waals surface area contributed by atoms with Gasteiger partial charge in [-0.05, 0) is 102 Å². The molecule has 18 N–H and O–H groups in total. The number of hydrogen-bond acceptors (Lipinski definition) is 17. The van der Waals surface area contributed by atoms with Crippen molar-refractivity contribution < 1.29 is 83.1 Å². The topological polar surface area (TPSA) is 475 Å². The molecule has 0 aliphatic carbocycles. The number of aromatic hydroxyl groups is 1. The van der Waals surface area contributed by atoms with Crippen molar-refractivity contribution in [3.8, 4) is 5.75 Å². The molecule has 2 fully saturated rings. The van der Waals surface area contributed by atoms with Gasteiger partial charge in [0, 0.05) is 32.4 Å². The first-order valence-electron chi connectivity index (χ1n) is 26.7. The lowest BCUT2D eigenvalue weighted by molar-refractivity contribution is -0.149. The second-order valence-corrected chi connectivity index (χ2v) is 20.2. The SMILES string of the molecule is CC[C@H](C)[C@H](NC(=O)[C@H](CO)NC(=O)[C@H](C)NC(=O)[C@@H](NC(=O)[C@@H](N)CCC(=O)O)[C@@H](C)O)C(=O)N1CCC[C@H]1C(=O)N1CCC[C@H]1C(=O)N[C@@H](CCC(N)=O)C(=O)N[C@@H](CCCCN)C(=O)N[C@@H](Cc1ccc(O)cc1)C(=O)O. The fourth-order valence-corrected chi connectivity index (χ4v) is 9.03. The molecule has 1 aromatic rings. The molecule has 2 heterocycles. The van der Waals surface area contributed by atoms with E-state index in [0.29, 0.717) is 37.7 Å². The Bertz CT molecular complexity index is 2360. The van der Waals surface area contributed by atoms with Crippen LogP contribution in [0.2, 0.25) is 0 Å². The smallest absolute Gasteiger partial charge is 0.326 e. The molecule has 0 spiro atoms. The van der Waals surface area contributed by atoms with E-state index in [1.807, 2.05) is 0 Å². The van der Waals surface area contributed by atoms with Crippen molar-refractivity contribution >= 4 is 71.0 Å². The van der Waals surface area contributed by atoms with Crippen LogP contribution in [0.4, 0.5) is 0 Å². The van der Waals surface area contributed by atoms with E-state index in [0.717, 1.165) is 0 Å². The van der Waals surface area contributed by atoms with E-state index in [-0.39, 0.29) is 70.3 Å². The highest BCUT2D eigenvalue weighted by atomic mass is 16.4. The highest BCUT2D eigenvalue weighted by molar-refractivity contribution is 5.99. The lowest BCUT2D eigenvalue weighted by atomic mass is 9.96. The van der Waals surface area contributed by atoms with Gasteiger partial charge in [-0.1, -0.05) is 32.4 Å². The molecular weight excluding hydrogens is 1050 g/mol. The van der Waals surface area contributed by atoms with Gasteiger partial charge in [0.2, 0.25) is 59.1 Å². The van der Waals surface area contributed by atoms with Crippen LogP contribution in [-0.2, 0) is 64.0 Å². The van der Waals surface area contributed by atoms with Gasteiger partial charge in [0.05, 0.1) is 18.8 Å². The number of nitrogens with zero attached hydrogens (tertiary/aromatic N) is 2. The summed E-state index contributed by atoms with van der Waals surface area (Å²) < 4.78 is 0. The molecule has 0 aromatic heterocycles. The standard InChI is InChI=1S/C51H80N12O17/c1-5-26(2)40(60-46(74)35(25-64)59-42(70)27(3)55-48(76)41(28(4)65)61-43(71)31(53)17-20-39(68)69)50(78)63-23-9-12-37(63)49(77)62-22-8-11-36(62)47(75)57-33(18-19-38(54)67)45(73)56-32(10-6-7-21-52)44(72)58-34(51(79)80)24-29-13-15-30(66)16-14-29/h13-16,26-28,31-37,40-41,64-66H,5-12,17-25,52-53H2,1-4H3,(H2,54,67)(H,55,76)(H,56,73)(H,57,75)(H,58,72)(H,59,70)(H,60,74)(H,61,71)(H,68,69)(H,79,80)/t26-,27-,28+,31-,32-,33-,34-,35-,36-,37-,40-,41-/m0/s1. The van der Waals surface area contributed by atoms with E-state index in [4.69, 9.17) is 22.3 Å². The minimum absolute atomic E-state index is 0.00829. The number of aliphatic carboxylic acids is 2. The lowest BCUT2D eigenvalue weighted by Crippen LogP contribution is -2.61. The Morgan fingerprint density at radius 2 is 1.21 bits per heavy atom. The zero-order valence-electron chi connectivity index (χ0n) is 45.5. The summed E-state index contributed by atoms with van der Waals surface area (Å²) in [5.41, 5.74) is 17.3. The van der Waals surface area contributed by atoms with Crippen molar-refractivity contribution in [1.29, 1.82) is 0 Å². The number of likely N-dealkylation sites (tertiary alicyclic amines) is 2. The molecule has 1 aromatic carbocycles. The number of phenolic OH excluding ortho intramolecular Hbond substituents is 1. The molecule has 80 heavy (non-hydrogen) atoms. The molecule has 0 bridgehead atoms. The normalized spacial score (nSPS) is 18.8. The van der Waals surface area contributed by atoms with E-state index in [1.54, 1.807) is 13.8 Å². The number of carbonyl (C=O) groups is 12. The number of carboxylic acid groups (broad SMARTS) is 2. The van der Waals surface area contributed by atoms with Gasteiger partial charge in [-0.25, -0.2) is 4.79 Å². The maximum absolute atomic E-state index is 14.5. The molecule has 3 rings (SSSR count). The number of aliphatic hydroxyl groups excluding tert-OH is 2. The van der Waals surface area contributed by atoms with Crippen molar-refractivity contribution in [3.05, 3.63) is 29.8 Å². The van der Waals surface area contributed by atoms with Crippen LogP contribution in [0.1, 0.15) is 110 Å². The highest BCUT2D eigenvalue weighted by Crippen LogP contribution is 2.27. The Labute approximate surface area is 462 Å². The molecule has 0 unspecified atom stereocenters. The molecule has 2 saturated heterocycles.